The van der Waals surface area contributed by atoms with Crippen molar-refractivity contribution in [2.45, 2.75) is 39.5 Å². The zero-order valence-corrected chi connectivity index (χ0v) is 12.0. The number of amides is 1. The highest BCUT2D eigenvalue weighted by molar-refractivity contribution is 5.95. The van der Waals surface area contributed by atoms with E-state index in [1.165, 1.54) is 0 Å². The Morgan fingerprint density at radius 2 is 2.00 bits per heavy atom. The Hall–Kier alpha value is -1.84. The van der Waals surface area contributed by atoms with Gasteiger partial charge in [-0.15, -0.1) is 0 Å². The van der Waals surface area contributed by atoms with Crippen LogP contribution in [0.5, 0.6) is 0 Å². The molecule has 1 aromatic carbocycles. The molecule has 1 amide bonds. The summed E-state index contributed by atoms with van der Waals surface area (Å²) >= 11 is 0. The first-order chi connectivity index (χ1) is 9.42. The Bertz CT molecular complexity index is 533. The molecule has 0 saturated heterocycles. The lowest BCUT2D eigenvalue weighted by molar-refractivity contribution is -0.141. The highest BCUT2D eigenvalue weighted by Crippen LogP contribution is 2.43. The number of carboxylic acid groups (broad SMARTS) is 1. The van der Waals surface area contributed by atoms with Gasteiger partial charge in [-0.05, 0) is 43.7 Å². The van der Waals surface area contributed by atoms with E-state index in [9.17, 15) is 9.59 Å². The molecular weight excluding hydrogens is 254 g/mol. The Morgan fingerprint density at radius 1 is 1.30 bits per heavy atom. The minimum Gasteiger partial charge on any atom is -0.481 e. The SMILES string of the molecule is Cc1ccc(C)c(C(=O)NCC2(CC(=O)O)CCC2)c1. The number of carboxylic acids is 1. The molecule has 20 heavy (non-hydrogen) atoms. The summed E-state index contributed by atoms with van der Waals surface area (Å²) in [7, 11) is 0. The fraction of sp³-hybridized carbons (Fsp3) is 0.500. The van der Waals surface area contributed by atoms with Gasteiger partial charge in [0, 0.05) is 12.1 Å². The van der Waals surface area contributed by atoms with Gasteiger partial charge in [0.05, 0.1) is 6.42 Å². The van der Waals surface area contributed by atoms with Crippen molar-refractivity contribution in [3.05, 3.63) is 34.9 Å². The third kappa shape index (κ3) is 3.18. The van der Waals surface area contributed by atoms with E-state index in [1.807, 2.05) is 32.0 Å². The maximum absolute atomic E-state index is 12.2. The highest BCUT2D eigenvalue weighted by atomic mass is 16.4. The Morgan fingerprint density at radius 3 is 2.55 bits per heavy atom. The van der Waals surface area contributed by atoms with Crippen LogP contribution in [0.3, 0.4) is 0 Å². The van der Waals surface area contributed by atoms with Crippen LogP contribution in [-0.2, 0) is 4.79 Å². The van der Waals surface area contributed by atoms with Gasteiger partial charge in [0.15, 0.2) is 0 Å². The van der Waals surface area contributed by atoms with E-state index < -0.39 is 5.97 Å². The smallest absolute Gasteiger partial charge is 0.303 e. The molecule has 1 aromatic rings. The summed E-state index contributed by atoms with van der Waals surface area (Å²) in [5.41, 5.74) is 2.42. The Labute approximate surface area is 119 Å². The van der Waals surface area contributed by atoms with Gasteiger partial charge in [-0.3, -0.25) is 9.59 Å². The molecule has 0 bridgehead atoms. The largest absolute Gasteiger partial charge is 0.481 e. The van der Waals surface area contributed by atoms with Crippen molar-refractivity contribution in [1.29, 1.82) is 0 Å². The molecule has 0 aliphatic heterocycles. The van der Waals surface area contributed by atoms with Crippen LogP contribution >= 0.6 is 0 Å². The molecular formula is C16H21NO3. The number of rotatable bonds is 5. The number of benzene rings is 1. The first-order valence-electron chi connectivity index (χ1n) is 6.99. The first-order valence-corrected chi connectivity index (χ1v) is 6.99. The van der Waals surface area contributed by atoms with E-state index in [0.29, 0.717) is 12.1 Å². The molecule has 1 aliphatic carbocycles. The van der Waals surface area contributed by atoms with E-state index in [0.717, 1.165) is 30.4 Å². The van der Waals surface area contributed by atoms with Crippen molar-refractivity contribution in [1.82, 2.24) is 5.32 Å². The predicted molar refractivity (Wildman–Crippen MR) is 76.8 cm³/mol. The number of aliphatic carboxylic acids is 1. The molecule has 2 rings (SSSR count). The van der Waals surface area contributed by atoms with Crippen molar-refractivity contribution in [3.8, 4) is 0 Å². The van der Waals surface area contributed by atoms with Crippen LogP contribution in [-0.4, -0.2) is 23.5 Å². The Kier molecular flexibility index (Phi) is 4.12. The molecule has 108 valence electrons. The van der Waals surface area contributed by atoms with Crippen molar-refractivity contribution in [2.75, 3.05) is 6.54 Å². The van der Waals surface area contributed by atoms with Gasteiger partial charge in [-0.1, -0.05) is 24.1 Å². The highest BCUT2D eigenvalue weighted by Gasteiger charge is 2.39. The predicted octanol–water partition coefficient (Wildman–Crippen LogP) is 2.68. The minimum atomic E-state index is -0.786. The second-order valence-electron chi connectivity index (χ2n) is 5.93. The van der Waals surface area contributed by atoms with E-state index in [4.69, 9.17) is 5.11 Å². The van der Waals surface area contributed by atoms with E-state index in [1.54, 1.807) is 0 Å². The van der Waals surface area contributed by atoms with Crippen LogP contribution in [0.15, 0.2) is 18.2 Å². The van der Waals surface area contributed by atoms with Crippen molar-refractivity contribution < 1.29 is 14.7 Å². The average molecular weight is 275 g/mol. The lowest BCUT2D eigenvalue weighted by Gasteiger charge is -2.40. The van der Waals surface area contributed by atoms with Gasteiger partial charge < -0.3 is 10.4 Å². The van der Waals surface area contributed by atoms with Gasteiger partial charge in [0.25, 0.3) is 5.91 Å². The van der Waals surface area contributed by atoms with Gasteiger partial charge in [0.2, 0.25) is 0 Å². The molecule has 0 aromatic heterocycles. The lowest BCUT2D eigenvalue weighted by atomic mass is 9.66. The second kappa shape index (κ2) is 5.65. The van der Waals surface area contributed by atoms with Crippen molar-refractivity contribution in [3.63, 3.8) is 0 Å². The number of carbonyl (C=O) groups excluding carboxylic acids is 1. The summed E-state index contributed by atoms with van der Waals surface area (Å²) in [6, 6.07) is 5.78. The number of hydrogen-bond acceptors (Lipinski definition) is 2. The Balaban J connectivity index is 2.01. The number of aryl methyl sites for hydroxylation is 2. The zero-order valence-electron chi connectivity index (χ0n) is 12.0. The fourth-order valence-electron chi connectivity index (χ4n) is 2.76. The van der Waals surface area contributed by atoms with E-state index in [2.05, 4.69) is 5.32 Å². The molecule has 0 spiro atoms. The van der Waals surface area contributed by atoms with Gasteiger partial charge in [0.1, 0.15) is 0 Å². The standard InChI is InChI=1S/C16H21NO3/c1-11-4-5-12(2)13(8-11)15(20)17-10-16(6-3-7-16)9-14(18)19/h4-5,8H,3,6-7,9-10H2,1-2H3,(H,17,20)(H,18,19). The van der Waals surface area contributed by atoms with Gasteiger partial charge >= 0.3 is 5.97 Å². The topological polar surface area (TPSA) is 66.4 Å². The summed E-state index contributed by atoms with van der Waals surface area (Å²) in [6.07, 6.45) is 2.95. The molecule has 4 heteroatoms. The van der Waals surface area contributed by atoms with Crippen LogP contribution in [0.1, 0.15) is 47.2 Å². The number of hydrogen-bond donors (Lipinski definition) is 2. The molecule has 2 N–H and O–H groups in total. The molecule has 0 radical (unpaired) electrons. The van der Waals surface area contributed by atoms with Crippen LogP contribution in [0.25, 0.3) is 0 Å². The summed E-state index contributed by atoms with van der Waals surface area (Å²) < 4.78 is 0. The second-order valence-corrected chi connectivity index (χ2v) is 5.93. The third-order valence-corrected chi connectivity index (χ3v) is 4.20. The number of nitrogens with one attached hydrogen (secondary N) is 1. The zero-order chi connectivity index (χ0) is 14.8. The minimum absolute atomic E-state index is 0.108. The quantitative estimate of drug-likeness (QED) is 0.868. The fourth-order valence-corrected chi connectivity index (χ4v) is 2.76. The third-order valence-electron chi connectivity index (χ3n) is 4.20. The lowest BCUT2D eigenvalue weighted by Crippen LogP contribution is -2.43. The van der Waals surface area contributed by atoms with Gasteiger partial charge in [-0.2, -0.15) is 0 Å². The van der Waals surface area contributed by atoms with Crippen LogP contribution in [0.4, 0.5) is 0 Å². The van der Waals surface area contributed by atoms with Crippen LogP contribution in [0, 0.1) is 19.3 Å². The normalized spacial score (nSPS) is 16.3. The van der Waals surface area contributed by atoms with Crippen LogP contribution < -0.4 is 5.32 Å². The molecule has 1 saturated carbocycles. The summed E-state index contributed by atoms with van der Waals surface area (Å²) in [5.74, 6) is -0.895. The summed E-state index contributed by atoms with van der Waals surface area (Å²) in [6.45, 7) is 4.31. The van der Waals surface area contributed by atoms with Gasteiger partial charge in [-0.25, -0.2) is 0 Å². The summed E-state index contributed by atoms with van der Waals surface area (Å²) in [4.78, 5) is 23.1. The number of carbonyl (C=O) groups is 2. The molecule has 4 nitrogen and oxygen atoms in total. The van der Waals surface area contributed by atoms with Crippen LogP contribution in [0.2, 0.25) is 0 Å². The molecule has 0 unspecified atom stereocenters. The maximum Gasteiger partial charge on any atom is 0.303 e. The molecule has 0 atom stereocenters. The molecule has 1 aliphatic rings. The van der Waals surface area contributed by atoms with Crippen molar-refractivity contribution in [2.24, 2.45) is 5.41 Å². The average Bonchev–Trinajstić information content (AvgIpc) is 2.34. The van der Waals surface area contributed by atoms with E-state index in [-0.39, 0.29) is 17.7 Å². The molecule has 0 heterocycles. The van der Waals surface area contributed by atoms with Crippen molar-refractivity contribution >= 4 is 11.9 Å². The monoisotopic (exact) mass is 275 g/mol. The maximum atomic E-state index is 12.2. The summed E-state index contributed by atoms with van der Waals surface area (Å²) in [5, 5.41) is 11.9. The molecule has 1 fully saturated rings. The van der Waals surface area contributed by atoms with E-state index >= 15 is 0 Å². The first kappa shape index (κ1) is 14.6.